The van der Waals surface area contributed by atoms with E-state index in [4.69, 9.17) is 25.7 Å². The SMILES string of the molecule is C.C.C.C.C.C.C#Cc1c(C#CC)ccc2ccccc12.C#Cc1cc2ccccc2cc1C#CC.C#Cc1ccc2ccccc2c1C#CC.C#Cc1ccccc1C#CC.CCC.CCC.CCC.CCC.CCC.CCC.CCC.CCC.Cc1ccc2ccccc2c1.Cc1ccc2ccccc2c1.Cc1cccc2ccccc12.Cc1ccccc1. The first-order chi connectivity index (χ1) is 58.3. The zero-order chi connectivity index (χ0) is 89.9. The Morgan fingerprint density at radius 2 is 0.460 bits per heavy atom. The Kier molecular flexibility index (Phi) is 87.5. The van der Waals surface area contributed by atoms with Crippen molar-refractivity contribution in [3.05, 3.63) is 358 Å². The third-order valence-electron chi connectivity index (χ3n) is 15.1. The third-order valence-corrected chi connectivity index (χ3v) is 15.1. The van der Waals surface area contributed by atoms with E-state index in [0.29, 0.717) is 0 Å². The number of hydrogen-bond acceptors (Lipinski definition) is 0. The molecule has 0 heteroatoms. The van der Waals surface area contributed by atoms with Gasteiger partial charge in [-0.2, -0.15) is 0 Å². The smallest absolute Gasteiger partial charge is 0.0480 e. The van der Waals surface area contributed by atoms with Gasteiger partial charge in [0.15, 0.2) is 0 Å². The summed E-state index contributed by atoms with van der Waals surface area (Å²) in [5.74, 6) is 34.2. The molecule has 0 radical (unpaired) electrons. The highest BCUT2D eigenvalue weighted by Gasteiger charge is 2.05. The van der Waals surface area contributed by atoms with E-state index < -0.39 is 0 Å². The molecule has 0 nitrogen and oxygen atoms in total. The van der Waals surface area contributed by atoms with Gasteiger partial charge < -0.3 is 0 Å². The minimum atomic E-state index is 0. The predicted octanol–water partition coefficient (Wildman–Crippen LogP) is 38.2. The molecule has 0 aliphatic heterocycles. The summed E-state index contributed by atoms with van der Waals surface area (Å²) in [6, 6.07) is 99.0. The zero-order valence-corrected chi connectivity index (χ0v) is 77.7. The monoisotopic (exact) mass is 1680 g/mol. The average molecular weight is 1680 g/mol. The molecule has 0 atom stereocenters. The second-order valence-electron chi connectivity index (χ2n) is 27.6. The molecule has 0 unspecified atom stereocenters. The topological polar surface area (TPSA) is 0 Å². The number of aryl methyl sites for hydroxylation is 4. The first-order valence-corrected chi connectivity index (χ1v) is 42.9. The molecule has 0 fully saturated rings. The largest absolute Gasteiger partial charge is 0.115 e. The van der Waals surface area contributed by atoms with Gasteiger partial charge in [0.2, 0.25) is 0 Å². The van der Waals surface area contributed by atoms with E-state index in [1.807, 2.05) is 136 Å². The fourth-order valence-corrected chi connectivity index (χ4v) is 10.3. The molecular weight excluding hydrogens is 1510 g/mol. The summed E-state index contributed by atoms with van der Waals surface area (Å²) in [5, 5.41) is 14.9. The number of rotatable bonds is 0. The van der Waals surface area contributed by atoms with E-state index in [1.165, 1.54) is 117 Å². The van der Waals surface area contributed by atoms with E-state index in [2.05, 4.69) is 385 Å². The van der Waals surface area contributed by atoms with Crippen molar-refractivity contribution in [2.24, 2.45) is 0 Å². The Balaban J connectivity index is -0.000000203. The molecule has 126 heavy (non-hydrogen) atoms. The van der Waals surface area contributed by atoms with Crippen LogP contribution in [0.1, 0.15) is 301 Å². The molecule has 0 spiro atoms. The highest BCUT2D eigenvalue weighted by atomic mass is 14.1. The Hall–Kier alpha value is -12.9. The minimum Gasteiger partial charge on any atom is -0.115 e. The molecule has 14 aromatic carbocycles. The third kappa shape index (κ3) is 53.9. The molecule has 0 aliphatic rings. The van der Waals surface area contributed by atoms with Crippen LogP contribution in [0.5, 0.6) is 0 Å². The fourth-order valence-electron chi connectivity index (χ4n) is 10.3. The Labute approximate surface area is 776 Å². The van der Waals surface area contributed by atoms with E-state index in [-0.39, 0.29) is 44.6 Å². The first-order valence-electron chi connectivity index (χ1n) is 42.9. The van der Waals surface area contributed by atoms with Crippen molar-refractivity contribution < 1.29 is 0 Å². The van der Waals surface area contributed by atoms with Crippen LogP contribution in [-0.4, -0.2) is 0 Å². The number of terminal acetylenes is 4. The minimum absolute atomic E-state index is 0. The van der Waals surface area contributed by atoms with Gasteiger partial charge in [-0.15, -0.1) is 49.4 Å². The molecule has 0 amide bonds. The van der Waals surface area contributed by atoms with Crippen LogP contribution in [0.25, 0.3) is 64.6 Å². The Bertz CT molecular complexity index is 5400. The molecule has 668 valence electrons. The molecule has 0 saturated carbocycles. The first kappa shape index (κ1) is 129. The van der Waals surface area contributed by atoms with Crippen LogP contribution in [0.4, 0.5) is 0 Å². The highest BCUT2D eigenvalue weighted by molar-refractivity contribution is 5.92. The molecule has 14 rings (SSSR count). The van der Waals surface area contributed by atoms with Gasteiger partial charge in [-0.05, 0) is 162 Å². The normalized spacial score (nSPS) is 8.22. The summed E-state index contributed by atoms with van der Waals surface area (Å²) in [7, 11) is 0. The summed E-state index contributed by atoms with van der Waals surface area (Å²) in [5.41, 5.74) is 12.5. The molecule has 0 saturated heterocycles. The molecular formula is C126H164. The van der Waals surface area contributed by atoms with Crippen LogP contribution in [0.2, 0.25) is 0 Å². The summed E-state index contributed by atoms with van der Waals surface area (Å²) < 4.78 is 0. The van der Waals surface area contributed by atoms with Crippen LogP contribution < -0.4 is 0 Å². The van der Waals surface area contributed by atoms with Crippen molar-refractivity contribution in [1.29, 1.82) is 0 Å². The summed E-state index contributed by atoms with van der Waals surface area (Å²) in [6.45, 7) is 49.7. The maximum Gasteiger partial charge on any atom is 0.0480 e. The maximum absolute atomic E-state index is 5.53. The molecule has 0 N–H and O–H groups in total. The lowest BCUT2D eigenvalue weighted by atomic mass is 10.00. The lowest BCUT2D eigenvalue weighted by Gasteiger charge is -2.03. The van der Waals surface area contributed by atoms with Crippen molar-refractivity contribution in [2.75, 3.05) is 0 Å². The molecule has 0 heterocycles. The summed E-state index contributed by atoms with van der Waals surface area (Å²) in [6.07, 6.45) is 31.7. The summed E-state index contributed by atoms with van der Waals surface area (Å²) >= 11 is 0. The van der Waals surface area contributed by atoms with Gasteiger partial charge in [0.1, 0.15) is 0 Å². The van der Waals surface area contributed by atoms with Crippen molar-refractivity contribution in [1.82, 2.24) is 0 Å². The van der Waals surface area contributed by atoms with Crippen molar-refractivity contribution >= 4 is 64.6 Å². The highest BCUT2D eigenvalue weighted by Crippen LogP contribution is 2.24. The second kappa shape index (κ2) is 85.7. The molecule has 0 aliphatic carbocycles. The van der Waals surface area contributed by atoms with Gasteiger partial charge in [-0.25, -0.2) is 0 Å². The van der Waals surface area contributed by atoms with Crippen LogP contribution in [0.3, 0.4) is 0 Å². The standard InChI is InChI=1S/3C15H10.3C11H10.C11H8.C7H8.8C3H8.6CH4/c1-3-7-13-11-15-9-6-5-8-14(15)10-12(13)4-2;1-3-7-12-10-11-13-8-5-6-9-15(13)14(12)4-2;1-3-7-14-12(4-2)10-11-13-8-5-6-9-15(13)14;1-9-5-4-7-10-6-2-3-8-11(9)10;2*1-9-6-7-10-4-2-3-5-11(10)8-9;1-3-7-11-9-6-5-8-10(11)4-2;1-7-5-3-2-4-6-7;8*1-3-2;;;;;;/h3*2,5-6,8-11H,1H3;3*2-8H,1H3;2,5-6,8-9H,1H3;2-6H,1H3;8*3H2,1-2H3;6*1H4. The van der Waals surface area contributed by atoms with Gasteiger partial charge in [0, 0.05) is 44.5 Å². The maximum atomic E-state index is 5.53. The van der Waals surface area contributed by atoms with Crippen molar-refractivity contribution in [3.8, 4) is 96.7 Å². The molecule has 14 aromatic rings. The van der Waals surface area contributed by atoms with Gasteiger partial charge in [0.05, 0.1) is 0 Å². The average Bonchev–Trinajstić information content (AvgIpc) is 0.813. The quantitative estimate of drug-likeness (QED) is 0.133. The van der Waals surface area contributed by atoms with Crippen molar-refractivity contribution in [3.63, 3.8) is 0 Å². The van der Waals surface area contributed by atoms with Gasteiger partial charge in [0.25, 0.3) is 0 Å². The zero-order valence-electron chi connectivity index (χ0n) is 77.7. The second-order valence-corrected chi connectivity index (χ2v) is 27.6. The van der Waals surface area contributed by atoms with Crippen LogP contribution in [0.15, 0.2) is 291 Å². The van der Waals surface area contributed by atoms with E-state index >= 15 is 0 Å². The van der Waals surface area contributed by atoms with Gasteiger partial charge in [-0.3, -0.25) is 0 Å². The van der Waals surface area contributed by atoms with E-state index in [0.717, 1.165) is 66.1 Å². The summed E-state index contributed by atoms with van der Waals surface area (Å²) in [4.78, 5) is 0. The van der Waals surface area contributed by atoms with Crippen LogP contribution in [0, 0.1) is 124 Å². The number of hydrogen-bond donors (Lipinski definition) is 0. The van der Waals surface area contributed by atoms with Gasteiger partial charge >= 0.3 is 0 Å². The van der Waals surface area contributed by atoms with Crippen molar-refractivity contribution in [2.45, 2.75) is 262 Å². The van der Waals surface area contributed by atoms with E-state index in [1.54, 1.807) is 6.92 Å². The van der Waals surface area contributed by atoms with Gasteiger partial charge in [-0.1, -0.05) is 526 Å². The van der Waals surface area contributed by atoms with Crippen LogP contribution >= 0.6 is 0 Å². The molecule has 0 aromatic heterocycles. The number of benzene rings is 14. The lowest BCUT2D eigenvalue weighted by molar-refractivity contribution is 1.09. The predicted molar refractivity (Wildman–Crippen MR) is 586 cm³/mol. The van der Waals surface area contributed by atoms with E-state index in [9.17, 15) is 0 Å². The van der Waals surface area contributed by atoms with Crippen LogP contribution in [-0.2, 0) is 0 Å². The fraction of sp³-hybridized carbons (Fsp3) is 0.302. The lowest BCUT2D eigenvalue weighted by Crippen LogP contribution is -1.85. The Morgan fingerprint density at radius 1 is 0.190 bits per heavy atom. The molecule has 0 bridgehead atoms. The number of fused-ring (bicyclic) bond motifs is 6. The Morgan fingerprint density at radius 3 is 0.810 bits per heavy atom.